The van der Waals surface area contributed by atoms with E-state index in [9.17, 15) is 0 Å². The van der Waals surface area contributed by atoms with E-state index in [1.807, 2.05) is 6.33 Å². The summed E-state index contributed by atoms with van der Waals surface area (Å²) in [5.74, 6) is 0.358. The van der Waals surface area contributed by atoms with Crippen molar-refractivity contribution in [3.05, 3.63) is 53.2 Å². The maximum Gasteiger partial charge on any atom is 0.192 e. The van der Waals surface area contributed by atoms with Gasteiger partial charge in [0, 0.05) is 12.5 Å². The van der Waals surface area contributed by atoms with Gasteiger partial charge in [0.25, 0.3) is 0 Å². The minimum atomic E-state index is -1.86. The molecule has 0 saturated carbocycles. The van der Waals surface area contributed by atoms with Crippen molar-refractivity contribution >= 4 is 31.1 Å². The molecule has 2 atom stereocenters. The van der Waals surface area contributed by atoms with Gasteiger partial charge in [0.1, 0.15) is 11.8 Å². The predicted molar refractivity (Wildman–Crippen MR) is 115 cm³/mol. The molecule has 1 aliphatic rings. The number of fused-ring (bicyclic) bond motifs is 2. The van der Waals surface area contributed by atoms with Crippen molar-refractivity contribution in [1.82, 2.24) is 19.5 Å². The molecule has 0 amide bonds. The van der Waals surface area contributed by atoms with Crippen molar-refractivity contribution in [2.45, 2.75) is 63.9 Å². The average Bonchev–Trinajstić information content (AvgIpc) is 3.18. The highest BCUT2D eigenvalue weighted by Gasteiger charge is 2.42. The van der Waals surface area contributed by atoms with Gasteiger partial charge >= 0.3 is 0 Å². The van der Waals surface area contributed by atoms with E-state index in [2.05, 4.69) is 77.6 Å². The van der Waals surface area contributed by atoms with E-state index in [4.69, 9.17) is 16.0 Å². The Morgan fingerprint density at radius 3 is 2.57 bits per heavy atom. The first kappa shape index (κ1) is 19.5. The van der Waals surface area contributed by atoms with E-state index in [-0.39, 0.29) is 11.1 Å². The van der Waals surface area contributed by atoms with Crippen LogP contribution in [0.5, 0.6) is 0 Å². The molecule has 0 unspecified atom stereocenters. The quantitative estimate of drug-likeness (QED) is 0.404. The minimum absolute atomic E-state index is 0.148. The molecule has 1 aromatic carbocycles. The molecule has 0 radical (unpaired) electrons. The normalized spacial score (nSPS) is 19.9. The second-order valence-corrected chi connectivity index (χ2v) is 14.3. The van der Waals surface area contributed by atoms with Crippen LogP contribution in [-0.2, 0) is 11.0 Å². The summed E-state index contributed by atoms with van der Waals surface area (Å²) in [6, 6.07) is 8.68. The Bertz CT molecular complexity index is 1010. The molecule has 0 spiro atoms. The van der Waals surface area contributed by atoms with Gasteiger partial charge < -0.3 is 8.99 Å². The molecule has 148 valence electrons. The summed E-state index contributed by atoms with van der Waals surface area (Å²) in [6.07, 6.45) is 4.43. The minimum Gasteiger partial charge on any atom is -0.410 e. The van der Waals surface area contributed by atoms with Crippen LogP contribution in [0.3, 0.4) is 0 Å². The van der Waals surface area contributed by atoms with E-state index in [1.165, 1.54) is 17.5 Å². The Hall–Kier alpha value is -1.76. The fourth-order valence-corrected chi connectivity index (χ4v) is 5.19. The molecule has 1 aliphatic carbocycles. The number of benzene rings is 1. The molecule has 0 N–H and O–H groups in total. The molecular formula is C21H27ClN4OSi. The summed E-state index contributed by atoms with van der Waals surface area (Å²) in [5.41, 5.74) is 4.14. The molecule has 28 heavy (non-hydrogen) atoms. The monoisotopic (exact) mass is 414 g/mol. The Morgan fingerprint density at radius 1 is 1.14 bits per heavy atom. The van der Waals surface area contributed by atoms with E-state index >= 15 is 0 Å². The van der Waals surface area contributed by atoms with Gasteiger partial charge in [-0.05, 0) is 35.7 Å². The Morgan fingerprint density at radius 2 is 1.86 bits per heavy atom. The lowest BCUT2D eigenvalue weighted by molar-refractivity contribution is 0.177. The van der Waals surface area contributed by atoms with Gasteiger partial charge in [0.15, 0.2) is 19.1 Å². The highest BCUT2D eigenvalue weighted by Crippen LogP contribution is 2.48. The maximum absolute atomic E-state index is 6.81. The molecular weight excluding hydrogens is 388 g/mol. The van der Waals surface area contributed by atoms with Crippen LogP contribution < -0.4 is 0 Å². The van der Waals surface area contributed by atoms with Gasteiger partial charge in [-0.1, -0.05) is 56.6 Å². The summed E-state index contributed by atoms with van der Waals surface area (Å²) in [5, 5.41) is 0.587. The predicted octanol–water partition coefficient (Wildman–Crippen LogP) is 5.73. The lowest BCUT2D eigenvalue weighted by atomic mass is 10.0. The number of halogens is 1. The highest BCUT2D eigenvalue weighted by atomic mass is 35.5. The average molecular weight is 415 g/mol. The van der Waals surface area contributed by atoms with Crippen LogP contribution >= 0.6 is 11.6 Å². The van der Waals surface area contributed by atoms with Crippen molar-refractivity contribution in [2.75, 3.05) is 0 Å². The Balaban J connectivity index is 1.63. The number of imidazole rings is 1. The van der Waals surface area contributed by atoms with E-state index in [0.717, 1.165) is 18.6 Å². The first-order chi connectivity index (χ1) is 13.2. The molecule has 4 rings (SSSR count). The van der Waals surface area contributed by atoms with Gasteiger partial charge in [-0.25, -0.2) is 15.0 Å². The first-order valence-corrected chi connectivity index (χ1v) is 13.0. The van der Waals surface area contributed by atoms with Crippen molar-refractivity contribution in [3.8, 4) is 0 Å². The van der Waals surface area contributed by atoms with Crippen molar-refractivity contribution < 1.29 is 4.43 Å². The van der Waals surface area contributed by atoms with Crippen LogP contribution in [0.25, 0.3) is 11.2 Å². The summed E-state index contributed by atoms with van der Waals surface area (Å²) in [7, 11) is -1.86. The molecule has 3 aromatic rings. The molecule has 0 aliphatic heterocycles. The topological polar surface area (TPSA) is 52.8 Å². The number of hydrogen-bond acceptors (Lipinski definition) is 4. The second-order valence-electron chi connectivity index (χ2n) is 9.16. The van der Waals surface area contributed by atoms with Gasteiger partial charge in [0.2, 0.25) is 0 Å². The van der Waals surface area contributed by atoms with Crippen LogP contribution in [-0.4, -0.2) is 27.8 Å². The molecule has 2 aromatic heterocycles. The largest absolute Gasteiger partial charge is 0.410 e. The van der Waals surface area contributed by atoms with Crippen molar-refractivity contribution in [3.63, 3.8) is 0 Å². The van der Waals surface area contributed by atoms with Crippen LogP contribution in [0.4, 0.5) is 0 Å². The van der Waals surface area contributed by atoms with Gasteiger partial charge in [0.05, 0.1) is 12.4 Å². The zero-order chi connectivity index (χ0) is 20.1. The van der Waals surface area contributed by atoms with Gasteiger partial charge in [-0.15, -0.1) is 0 Å². The van der Waals surface area contributed by atoms with Crippen molar-refractivity contribution in [1.29, 1.82) is 0 Å². The summed E-state index contributed by atoms with van der Waals surface area (Å²) >= 11 is 6.16. The zero-order valence-corrected chi connectivity index (χ0v) is 18.9. The lowest BCUT2D eigenvalue weighted by Crippen LogP contribution is -2.41. The molecule has 0 saturated heterocycles. The van der Waals surface area contributed by atoms with Gasteiger partial charge in [-0.2, -0.15) is 0 Å². The second kappa shape index (κ2) is 6.93. The van der Waals surface area contributed by atoms with E-state index < -0.39 is 8.32 Å². The highest BCUT2D eigenvalue weighted by molar-refractivity contribution is 6.74. The third kappa shape index (κ3) is 3.38. The SMILES string of the molecule is CC(C)(C)[Si](C)(C)O[C@H]1C[C@@H](Cn2cnc3c(Cl)ncnc32)c2ccccc21. The smallest absolute Gasteiger partial charge is 0.192 e. The number of rotatable bonds is 4. The Labute approximate surface area is 172 Å². The van der Waals surface area contributed by atoms with Gasteiger partial charge in [-0.3, -0.25) is 0 Å². The third-order valence-electron chi connectivity index (χ3n) is 6.30. The fraction of sp³-hybridized carbons (Fsp3) is 0.476. The summed E-state index contributed by atoms with van der Waals surface area (Å²) in [6.45, 7) is 12.3. The van der Waals surface area contributed by atoms with Crippen LogP contribution in [0.2, 0.25) is 23.3 Å². The van der Waals surface area contributed by atoms with Crippen LogP contribution in [0.1, 0.15) is 50.3 Å². The standard InChI is InChI=1S/C21H27ClN4OSi/c1-21(2,3)28(4,5)27-17-10-14(15-8-6-7-9-16(15)17)11-26-13-25-18-19(22)23-12-24-20(18)26/h6-9,12-14,17H,10-11H2,1-5H3/t14-,17-/m0/s1. The number of nitrogens with zero attached hydrogens (tertiary/aromatic N) is 4. The van der Waals surface area contributed by atoms with Crippen LogP contribution in [0.15, 0.2) is 36.9 Å². The first-order valence-electron chi connectivity index (χ1n) is 9.75. The van der Waals surface area contributed by atoms with E-state index in [0.29, 0.717) is 16.6 Å². The molecule has 7 heteroatoms. The fourth-order valence-electron chi connectivity index (χ4n) is 3.73. The zero-order valence-electron chi connectivity index (χ0n) is 17.1. The molecule has 2 heterocycles. The molecule has 0 bridgehead atoms. The number of hydrogen-bond donors (Lipinski definition) is 0. The Kier molecular flexibility index (Phi) is 4.84. The summed E-state index contributed by atoms with van der Waals surface area (Å²) < 4.78 is 8.90. The van der Waals surface area contributed by atoms with Crippen molar-refractivity contribution in [2.24, 2.45) is 0 Å². The maximum atomic E-state index is 6.81. The lowest BCUT2D eigenvalue weighted by Gasteiger charge is -2.38. The molecule has 0 fully saturated rings. The molecule has 5 nitrogen and oxygen atoms in total. The van der Waals surface area contributed by atoms with Crippen LogP contribution in [0, 0.1) is 0 Å². The number of aromatic nitrogens is 4. The third-order valence-corrected chi connectivity index (χ3v) is 11.1. The van der Waals surface area contributed by atoms with E-state index in [1.54, 1.807) is 0 Å². The summed E-state index contributed by atoms with van der Waals surface area (Å²) in [4.78, 5) is 12.8.